The van der Waals surface area contributed by atoms with E-state index in [-0.39, 0.29) is 5.91 Å². The lowest BCUT2D eigenvalue weighted by molar-refractivity contribution is -0.159. The molecule has 19 heavy (non-hydrogen) atoms. The van der Waals surface area contributed by atoms with Gasteiger partial charge in [-0.3, -0.25) is 9.69 Å². The van der Waals surface area contributed by atoms with Crippen LogP contribution in [0.2, 0.25) is 0 Å². The molecule has 3 aliphatic rings. The Labute approximate surface area is 119 Å². The molecule has 2 heterocycles. The fourth-order valence-electron chi connectivity index (χ4n) is 3.13. The number of β-amino-alcohol motifs (C(OH)–C–C–N with tert-alkyl or cyclic N) is 1. The lowest BCUT2D eigenvalue weighted by Gasteiger charge is -2.41. The number of carbonyl (C=O) groups is 1. The summed E-state index contributed by atoms with van der Waals surface area (Å²) in [6.07, 6.45) is 4.09. The first-order valence-corrected chi connectivity index (χ1v) is 8.65. The number of aliphatic hydroxyl groups is 1. The van der Waals surface area contributed by atoms with Crippen molar-refractivity contribution in [2.75, 3.05) is 44.2 Å². The minimum Gasteiger partial charge on any atom is -0.379 e. The summed E-state index contributed by atoms with van der Waals surface area (Å²) < 4.78 is 0. The number of nitrogens with zero attached hydrogens (tertiary/aromatic N) is 2. The van der Waals surface area contributed by atoms with Crippen LogP contribution in [0.1, 0.15) is 25.7 Å². The highest BCUT2D eigenvalue weighted by Crippen LogP contribution is 2.33. The maximum Gasteiger partial charge on any atom is 0.255 e. The standard InChI is InChI=1S/C14H24N2O2S/c17-13-14(18,11-15-6-8-19-9-7-15)4-1-5-16(13)10-12-2-3-12/h12,18H,1-11H2/t14-/m0/s1. The SMILES string of the molecule is O=C1N(CC2CC2)CCC[C@]1(O)CN1CCSCC1. The lowest BCUT2D eigenvalue weighted by Crippen LogP contribution is -2.59. The highest BCUT2D eigenvalue weighted by atomic mass is 32.2. The van der Waals surface area contributed by atoms with Gasteiger partial charge in [0.05, 0.1) is 0 Å². The minimum atomic E-state index is -1.12. The van der Waals surface area contributed by atoms with Crippen molar-refractivity contribution in [1.82, 2.24) is 9.80 Å². The summed E-state index contributed by atoms with van der Waals surface area (Å²) in [6, 6.07) is 0. The summed E-state index contributed by atoms with van der Waals surface area (Å²) in [5, 5.41) is 10.8. The highest BCUT2D eigenvalue weighted by Gasteiger charge is 2.44. The molecule has 1 amide bonds. The van der Waals surface area contributed by atoms with Gasteiger partial charge in [0.15, 0.2) is 5.60 Å². The number of amides is 1. The molecule has 5 heteroatoms. The minimum absolute atomic E-state index is 0.0103. The molecule has 1 aliphatic carbocycles. The molecule has 3 rings (SSSR count). The van der Waals surface area contributed by atoms with E-state index in [4.69, 9.17) is 0 Å². The number of rotatable bonds is 4. The Morgan fingerprint density at radius 1 is 1.26 bits per heavy atom. The molecule has 1 saturated carbocycles. The van der Waals surface area contributed by atoms with Crippen molar-refractivity contribution in [2.45, 2.75) is 31.3 Å². The first kappa shape index (κ1) is 13.7. The average Bonchev–Trinajstić information content (AvgIpc) is 3.20. The van der Waals surface area contributed by atoms with Crippen molar-refractivity contribution in [1.29, 1.82) is 0 Å². The van der Waals surface area contributed by atoms with Crippen molar-refractivity contribution in [3.63, 3.8) is 0 Å². The predicted molar refractivity (Wildman–Crippen MR) is 77.3 cm³/mol. The summed E-state index contributed by atoms with van der Waals surface area (Å²) in [5.74, 6) is 2.94. The second kappa shape index (κ2) is 5.62. The maximum atomic E-state index is 12.5. The van der Waals surface area contributed by atoms with Crippen molar-refractivity contribution < 1.29 is 9.90 Å². The van der Waals surface area contributed by atoms with Crippen molar-refractivity contribution in [2.24, 2.45) is 5.92 Å². The molecule has 0 aromatic heterocycles. The van der Waals surface area contributed by atoms with Crippen molar-refractivity contribution in [3.8, 4) is 0 Å². The van der Waals surface area contributed by atoms with Crippen LogP contribution in [0.15, 0.2) is 0 Å². The third-order valence-corrected chi connectivity index (χ3v) is 5.41. The van der Waals surface area contributed by atoms with Gasteiger partial charge in [-0.2, -0.15) is 11.8 Å². The fraction of sp³-hybridized carbons (Fsp3) is 0.929. The van der Waals surface area contributed by atoms with Crippen LogP contribution in [0.3, 0.4) is 0 Å². The number of thioether (sulfide) groups is 1. The van der Waals surface area contributed by atoms with Crippen molar-refractivity contribution >= 4 is 17.7 Å². The van der Waals surface area contributed by atoms with Gasteiger partial charge in [0.25, 0.3) is 5.91 Å². The zero-order valence-corrected chi connectivity index (χ0v) is 12.3. The van der Waals surface area contributed by atoms with E-state index in [2.05, 4.69) is 4.90 Å². The Balaban J connectivity index is 1.61. The van der Waals surface area contributed by atoms with Gasteiger partial charge in [0.1, 0.15) is 0 Å². The maximum absolute atomic E-state index is 12.5. The molecule has 2 saturated heterocycles. The van der Waals surface area contributed by atoms with E-state index >= 15 is 0 Å². The third-order valence-electron chi connectivity index (χ3n) is 4.47. The van der Waals surface area contributed by atoms with E-state index in [1.54, 1.807) is 0 Å². The van der Waals surface area contributed by atoms with E-state index in [0.717, 1.165) is 44.1 Å². The first-order valence-electron chi connectivity index (χ1n) is 7.49. The van der Waals surface area contributed by atoms with Gasteiger partial charge in [-0.15, -0.1) is 0 Å². The van der Waals surface area contributed by atoms with Crippen LogP contribution >= 0.6 is 11.8 Å². The van der Waals surface area contributed by atoms with Gasteiger partial charge in [-0.05, 0) is 31.6 Å². The van der Waals surface area contributed by atoms with Crippen LogP contribution in [0.4, 0.5) is 0 Å². The number of piperidine rings is 1. The third kappa shape index (κ3) is 3.26. The molecule has 0 unspecified atom stereocenters. The number of hydrogen-bond donors (Lipinski definition) is 1. The molecule has 0 bridgehead atoms. The fourth-order valence-corrected chi connectivity index (χ4v) is 4.11. The molecule has 1 N–H and O–H groups in total. The number of hydrogen-bond acceptors (Lipinski definition) is 4. The molecule has 0 aromatic rings. The Hall–Kier alpha value is -0.260. The zero-order valence-electron chi connectivity index (χ0n) is 11.5. The molecule has 4 nitrogen and oxygen atoms in total. The van der Waals surface area contributed by atoms with Crippen LogP contribution in [0.5, 0.6) is 0 Å². The summed E-state index contributed by atoms with van der Waals surface area (Å²) in [6.45, 7) is 4.25. The molecular formula is C14H24N2O2S. The Kier molecular flexibility index (Phi) is 4.06. The molecule has 0 spiro atoms. The van der Waals surface area contributed by atoms with Gasteiger partial charge in [0.2, 0.25) is 0 Å². The summed E-state index contributed by atoms with van der Waals surface area (Å²) >= 11 is 1.96. The van der Waals surface area contributed by atoms with E-state index in [0.29, 0.717) is 18.9 Å². The Morgan fingerprint density at radius 3 is 2.68 bits per heavy atom. The molecule has 2 aliphatic heterocycles. The van der Waals surface area contributed by atoms with Gasteiger partial charge in [-0.1, -0.05) is 0 Å². The van der Waals surface area contributed by atoms with Crippen LogP contribution in [0.25, 0.3) is 0 Å². The quantitative estimate of drug-likeness (QED) is 0.829. The molecule has 0 radical (unpaired) electrons. The molecular weight excluding hydrogens is 260 g/mol. The smallest absolute Gasteiger partial charge is 0.255 e. The molecule has 3 fully saturated rings. The van der Waals surface area contributed by atoms with Gasteiger partial charge in [0, 0.05) is 44.2 Å². The predicted octanol–water partition coefficient (Wildman–Crippen LogP) is 0.799. The largest absolute Gasteiger partial charge is 0.379 e. The van der Waals surface area contributed by atoms with E-state index in [9.17, 15) is 9.90 Å². The molecule has 108 valence electrons. The zero-order chi connectivity index (χ0) is 13.3. The van der Waals surface area contributed by atoms with Gasteiger partial charge < -0.3 is 10.0 Å². The van der Waals surface area contributed by atoms with Gasteiger partial charge >= 0.3 is 0 Å². The highest BCUT2D eigenvalue weighted by molar-refractivity contribution is 7.99. The van der Waals surface area contributed by atoms with E-state index < -0.39 is 5.60 Å². The molecule has 0 aromatic carbocycles. The second-order valence-corrected chi connectivity index (χ2v) is 7.44. The summed E-state index contributed by atoms with van der Waals surface area (Å²) in [4.78, 5) is 16.7. The topological polar surface area (TPSA) is 43.8 Å². The van der Waals surface area contributed by atoms with Crippen LogP contribution in [-0.2, 0) is 4.79 Å². The first-order chi connectivity index (χ1) is 9.17. The molecule has 1 atom stereocenters. The second-order valence-electron chi connectivity index (χ2n) is 6.22. The average molecular weight is 284 g/mol. The Bertz CT molecular complexity index is 342. The Morgan fingerprint density at radius 2 is 2.00 bits per heavy atom. The van der Waals surface area contributed by atoms with Crippen LogP contribution in [0, 0.1) is 5.92 Å². The van der Waals surface area contributed by atoms with Crippen molar-refractivity contribution in [3.05, 3.63) is 0 Å². The number of carbonyl (C=O) groups excluding carboxylic acids is 1. The van der Waals surface area contributed by atoms with E-state index in [1.807, 2.05) is 16.7 Å². The van der Waals surface area contributed by atoms with Gasteiger partial charge in [-0.25, -0.2) is 0 Å². The van der Waals surface area contributed by atoms with Crippen LogP contribution in [-0.4, -0.2) is 70.6 Å². The van der Waals surface area contributed by atoms with Crippen LogP contribution < -0.4 is 0 Å². The lowest BCUT2D eigenvalue weighted by atomic mass is 9.91. The summed E-state index contributed by atoms with van der Waals surface area (Å²) in [5.41, 5.74) is -1.12. The summed E-state index contributed by atoms with van der Waals surface area (Å²) in [7, 11) is 0. The number of likely N-dealkylation sites (tertiary alicyclic amines) is 1. The monoisotopic (exact) mass is 284 g/mol. The normalized spacial score (nSPS) is 33.7. The van der Waals surface area contributed by atoms with E-state index in [1.165, 1.54) is 12.8 Å².